The predicted octanol–water partition coefficient (Wildman–Crippen LogP) is 3.28. The second kappa shape index (κ2) is 10.7. The zero-order valence-corrected chi connectivity index (χ0v) is 19.7. The molecule has 2 unspecified atom stereocenters. The lowest BCUT2D eigenvalue weighted by Crippen LogP contribution is -2.51. The Morgan fingerprint density at radius 3 is 2.12 bits per heavy atom. The lowest BCUT2D eigenvalue weighted by Gasteiger charge is -2.29. The summed E-state index contributed by atoms with van der Waals surface area (Å²) in [5.41, 5.74) is 3.18. The maximum Gasteiger partial charge on any atom is 0.407 e. The van der Waals surface area contributed by atoms with Crippen LogP contribution in [0.25, 0.3) is 11.1 Å². The van der Waals surface area contributed by atoms with Crippen LogP contribution in [-0.4, -0.2) is 53.0 Å². The van der Waals surface area contributed by atoms with Crippen molar-refractivity contribution in [2.75, 3.05) is 13.2 Å². The molecule has 0 fully saturated rings. The lowest BCUT2D eigenvalue weighted by atomic mass is 9.92. The molecule has 2 aromatic carbocycles. The van der Waals surface area contributed by atoms with Gasteiger partial charge in [0, 0.05) is 18.9 Å². The van der Waals surface area contributed by atoms with Crippen molar-refractivity contribution in [2.24, 2.45) is 5.92 Å². The van der Waals surface area contributed by atoms with E-state index in [0.29, 0.717) is 0 Å². The van der Waals surface area contributed by atoms with Crippen LogP contribution in [0.5, 0.6) is 0 Å². The maximum atomic E-state index is 12.7. The summed E-state index contributed by atoms with van der Waals surface area (Å²) in [4.78, 5) is 36.3. The van der Waals surface area contributed by atoms with E-state index in [9.17, 15) is 19.5 Å². The summed E-state index contributed by atoms with van der Waals surface area (Å²) in [5, 5.41) is 24.5. The largest absolute Gasteiger partial charge is 0.481 e. The first-order valence-electron chi connectivity index (χ1n) is 11.4. The van der Waals surface area contributed by atoms with Crippen LogP contribution in [0.2, 0.25) is 0 Å². The number of aliphatic carboxylic acids is 1. The van der Waals surface area contributed by atoms with Gasteiger partial charge in [-0.25, -0.2) is 4.79 Å². The highest BCUT2D eigenvalue weighted by Crippen LogP contribution is 2.44. The number of carboxylic acids is 1. The van der Waals surface area contributed by atoms with E-state index in [1.54, 1.807) is 6.92 Å². The van der Waals surface area contributed by atoms with Gasteiger partial charge in [-0.05, 0) is 41.5 Å². The van der Waals surface area contributed by atoms with E-state index in [1.165, 1.54) is 0 Å². The van der Waals surface area contributed by atoms with E-state index in [0.717, 1.165) is 22.3 Å². The fraction of sp³-hybridized carbons (Fsp3) is 0.423. The van der Waals surface area contributed by atoms with Crippen LogP contribution in [0.4, 0.5) is 4.79 Å². The molecule has 4 N–H and O–H groups in total. The average molecular weight is 469 g/mol. The third kappa shape index (κ3) is 5.94. The van der Waals surface area contributed by atoms with Crippen molar-refractivity contribution in [2.45, 2.75) is 51.2 Å². The summed E-state index contributed by atoms with van der Waals surface area (Å²) in [6.07, 6.45) is -1.21. The number of alkyl carbamates (subject to hydrolysis) is 1. The van der Waals surface area contributed by atoms with Gasteiger partial charge in [-0.1, -0.05) is 62.4 Å². The first kappa shape index (κ1) is 25.2. The van der Waals surface area contributed by atoms with Crippen LogP contribution in [0, 0.1) is 5.92 Å². The van der Waals surface area contributed by atoms with E-state index in [2.05, 4.69) is 10.6 Å². The van der Waals surface area contributed by atoms with E-state index in [4.69, 9.17) is 9.84 Å². The van der Waals surface area contributed by atoms with Gasteiger partial charge in [0.25, 0.3) is 0 Å². The quantitative estimate of drug-likeness (QED) is 0.424. The van der Waals surface area contributed by atoms with Crippen LogP contribution in [0.1, 0.15) is 50.7 Å². The third-order valence-electron chi connectivity index (χ3n) is 6.46. The second-order valence-electron chi connectivity index (χ2n) is 9.18. The zero-order valence-electron chi connectivity index (χ0n) is 19.7. The number of carbonyl (C=O) groups is 3. The van der Waals surface area contributed by atoms with Crippen molar-refractivity contribution in [1.82, 2.24) is 10.6 Å². The Kier molecular flexibility index (Phi) is 7.94. The molecular weight excluding hydrogens is 436 g/mol. The molecule has 1 aliphatic carbocycles. The molecule has 2 amide bonds. The summed E-state index contributed by atoms with van der Waals surface area (Å²) in [6, 6.07) is 14.8. The van der Waals surface area contributed by atoms with Gasteiger partial charge in [0.15, 0.2) is 0 Å². The van der Waals surface area contributed by atoms with Crippen molar-refractivity contribution in [3.8, 4) is 11.1 Å². The molecule has 0 aliphatic heterocycles. The molecule has 2 atom stereocenters. The number of hydrogen-bond donors (Lipinski definition) is 4. The number of ether oxygens (including phenoxy) is 1. The number of aliphatic hydroxyl groups is 1. The Bertz CT molecular complexity index is 1000. The Morgan fingerprint density at radius 1 is 1.03 bits per heavy atom. The van der Waals surface area contributed by atoms with Crippen LogP contribution in [-0.2, 0) is 14.3 Å². The predicted molar refractivity (Wildman–Crippen MR) is 127 cm³/mol. The zero-order chi connectivity index (χ0) is 24.9. The molecule has 0 bridgehead atoms. The van der Waals surface area contributed by atoms with Crippen molar-refractivity contribution < 1.29 is 29.3 Å². The molecule has 0 saturated carbocycles. The number of nitrogens with one attached hydrogen (secondary N) is 2. The monoisotopic (exact) mass is 468 g/mol. The minimum Gasteiger partial charge on any atom is -0.481 e. The molecule has 0 heterocycles. The molecule has 182 valence electrons. The van der Waals surface area contributed by atoms with Crippen LogP contribution >= 0.6 is 0 Å². The number of rotatable bonds is 10. The van der Waals surface area contributed by atoms with Crippen molar-refractivity contribution in [1.29, 1.82) is 0 Å². The Labute approximate surface area is 199 Å². The Morgan fingerprint density at radius 2 is 1.59 bits per heavy atom. The van der Waals surface area contributed by atoms with Crippen LogP contribution in [0.3, 0.4) is 0 Å². The summed E-state index contributed by atoms with van der Waals surface area (Å²) in [5.74, 6) is -1.90. The maximum absolute atomic E-state index is 12.7. The van der Waals surface area contributed by atoms with Gasteiger partial charge < -0.3 is 25.6 Å². The molecule has 0 radical (unpaired) electrons. The minimum absolute atomic E-state index is 0.0283. The summed E-state index contributed by atoms with van der Waals surface area (Å²) < 4.78 is 5.48. The minimum atomic E-state index is -1.14. The lowest BCUT2D eigenvalue weighted by molar-refractivity contribution is -0.137. The fourth-order valence-electron chi connectivity index (χ4n) is 3.91. The number of hydrogen-bond acceptors (Lipinski definition) is 5. The molecule has 3 rings (SSSR count). The van der Waals surface area contributed by atoms with E-state index in [1.807, 2.05) is 62.4 Å². The van der Waals surface area contributed by atoms with Gasteiger partial charge in [-0.3, -0.25) is 9.59 Å². The highest BCUT2D eigenvalue weighted by atomic mass is 16.5. The fourth-order valence-corrected chi connectivity index (χ4v) is 3.91. The van der Waals surface area contributed by atoms with E-state index in [-0.39, 0.29) is 37.8 Å². The molecule has 0 spiro atoms. The van der Waals surface area contributed by atoms with Gasteiger partial charge in [0.1, 0.15) is 12.6 Å². The SMILES string of the molecule is CC(C)C(C)(O)CNC(=O)C(CCC(=O)O)NC(=O)OCC1c2ccccc2-c2ccccc21. The highest BCUT2D eigenvalue weighted by molar-refractivity contribution is 5.86. The number of carboxylic acid groups (broad SMARTS) is 1. The molecule has 8 nitrogen and oxygen atoms in total. The molecule has 0 aromatic heterocycles. The van der Waals surface area contributed by atoms with E-state index >= 15 is 0 Å². The molecule has 8 heteroatoms. The first-order chi connectivity index (χ1) is 16.1. The van der Waals surface area contributed by atoms with Gasteiger partial charge in [0.2, 0.25) is 5.91 Å². The summed E-state index contributed by atoms with van der Waals surface area (Å²) in [7, 11) is 0. The van der Waals surface area contributed by atoms with E-state index < -0.39 is 29.6 Å². The van der Waals surface area contributed by atoms with Gasteiger partial charge in [0.05, 0.1) is 5.60 Å². The van der Waals surface area contributed by atoms with Crippen LogP contribution in [0.15, 0.2) is 48.5 Å². The first-order valence-corrected chi connectivity index (χ1v) is 11.4. The van der Waals surface area contributed by atoms with Crippen molar-refractivity contribution in [3.05, 3.63) is 59.7 Å². The van der Waals surface area contributed by atoms with Crippen molar-refractivity contribution >= 4 is 18.0 Å². The highest BCUT2D eigenvalue weighted by Gasteiger charge is 2.31. The van der Waals surface area contributed by atoms with Crippen LogP contribution < -0.4 is 10.6 Å². The second-order valence-corrected chi connectivity index (χ2v) is 9.18. The summed E-state index contributed by atoms with van der Waals surface area (Å²) >= 11 is 0. The summed E-state index contributed by atoms with van der Waals surface area (Å²) in [6.45, 7) is 5.30. The standard InChI is InChI=1S/C26H32N2O6/c1-16(2)26(3,33)15-27-24(31)22(12-13-23(29)30)28-25(32)34-14-21-19-10-6-4-8-17(19)18-9-5-7-11-20(18)21/h4-11,16,21-22,33H,12-15H2,1-3H3,(H,27,31)(H,28,32)(H,29,30). The number of benzene rings is 2. The third-order valence-corrected chi connectivity index (χ3v) is 6.46. The topological polar surface area (TPSA) is 125 Å². The average Bonchev–Trinajstić information content (AvgIpc) is 3.12. The van der Waals surface area contributed by atoms with Gasteiger partial charge in [-0.2, -0.15) is 0 Å². The molecular formula is C26H32N2O6. The number of amides is 2. The number of carbonyl (C=O) groups excluding carboxylic acids is 2. The number of fused-ring (bicyclic) bond motifs is 3. The Hall–Kier alpha value is -3.39. The molecule has 0 saturated heterocycles. The van der Waals surface area contributed by atoms with Crippen molar-refractivity contribution in [3.63, 3.8) is 0 Å². The molecule has 34 heavy (non-hydrogen) atoms. The smallest absolute Gasteiger partial charge is 0.407 e. The normalized spacial score (nSPS) is 15.1. The molecule has 2 aromatic rings. The Balaban J connectivity index is 1.64. The molecule has 1 aliphatic rings. The van der Waals surface area contributed by atoms with Gasteiger partial charge >= 0.3 is 12.1 Å². The van der Waals surface area contributed by atoms with Gasteiger partial charge in [-0.15, -0.1) is 0 Å².